The third-order valence-electron chi connectivity index (χ3n) is 4.70. The van der Waals surface area contributed by atoms with Crippen molar-refractivity contribution < 1.29 is 0 Å². The van der Waals surface area contributed by atoms with Gasteiger partial charge in [0.2, 0.25) is 0 Å². The molecule has 0 aliphatic rings. The zero-order valence-corrected chi connectivity index (χ0v) is 21.3. The van der Waals surface area contributed by atoms with Gasteiger partial charge in [0, 0.05) is 65.3 Å². The summed E-state index contributed by atoms with van der Waals surface area (Å²) < 4.78 is 1.90. The summed E-state index contributed by atoms with van der Waals surface area (Å²) in [6, 6.07) is 8.69. The fourth-order valence-electron chi connectivity index (χ4n) is 3.21. The number of hydrogen-bond acceptors (Lipinski definition) is 3. The molecule has 2 aromatic rings. The van der Waals surface area contributed by atoms with Gasteiger partial charge in [-0.15, -0.1) is 24.0 Å². The molecule has 0 saturated heterocycles. The summed E-state index contributed by atoms with van der Waals surface area (Å²) in [6.45, 7) is 8.89. The first-order valence-corrected chi connectivity index (χ1v) is 10.1. The van der Waals surface area contributed by atoms with E-state index in [9.17, 15) is 0 Å². The van der Waals surface area contributed by atoms with E-state index in [-0.39, 0.29) is 24.0 Å². The van der Waals surface area contributed by atoms with E-state index in [2.05, 4.69) is 92.6 Å². The second-order valence-corrected chi connectivity index (χ2v) is 7.77. The number of hydrogen-bond donors (Lipinski definition) is 1. The van der Waals surface area contributed by atoms with Crippen LogP contribution >= 0.6 is 24.0 Å². The summed E-state index contributed by atoms with van der Waals surface area (Å²) in [6.07, 6.45) is 3.04. The van der Waals surface area contributed by atoms with Crippen LogP contribution in [0.1, 0.15) is 43.5 Å². The van der Waals surface area contributed by atoms with Gasteiger partial charge in [0.1, 0.15) is 0 Å². The molecule has 0 saturated carbocycles. The zero-order valence-electron chi connectivity index (χ0n) is 18.9. The molecule has 1 aromatic heterocycles. The Morgan fingerprint density at radius 2 is 1.83 bits per heavy atom. The van der Waals surface area contributed by atoms with Crippen molar-refractivity contribution in [1.29, 1.82) is 0 Å². The van der Waals surface area contributed by atoms with Crippen molar-refractivity contribution in [2.45, 2.75) is 39.7 Å². The molecular weight excluding hydrogens is 475 g/mol. The quantitative estimate of drug-likeness (QED) is 0.332. The highest BCUT2D eigenvalue weighted by molar-refractivity contribution is 14.0. The van der Waals surface area contributed by atoms with Crippen LogP contribution in [-0.2, 0) is 20.0 Å². The van der Waals surface area contributed by atoms with E-state index in [0.717, 1.165) is 37.7 Å². The molecule has 0 amide bonds. The molecule has 0 aliphatic carbocycles. The number of aromatic nitrogens is 2. The predicted octanol–water partition coefficient (Wildman–Crippen LogP) is 3.87. The number of nitrogens with zero attached hydrogens (tertiary/aromatic N) is 5. The number of anilines is 1. The van der Waals surface area contributed by atoms with Gasteiger partial charge in [-0.2, -0.15) is 5.10 Å². The van der Waals surface area contributed by atoms with Gasteiger partial charge in [-0.05, 0) is 37.0 Å². The summed E-state index contributed by atoms with van der Waals surface area (Å²) >= 11 is 0. The van der Waals surface area contributed by atoms with Crippen LogP contribution in [-0.4, -0.2) is 54.9 Å². The zero-order chi connectivity index (χ0) is 20.7. The molecule has 0 fully saturated rings. The molecule has 2 rings (SSSR count). The van der Waals surface area contributed by atoms with Crippen molar-refractivity contribution in [2.75, 3.05) is 39.1 Å². The summed E-state index contributed by atoms with van der Waals surface area (Å²) in [7, 11) is 8.19. The fourth-order valence-corrected chi connectivity index (χ4v) is 3.21. The second kappa shape index (κ2) is 12.0. The number of aliphatic imine (C=N–C) groups is 1. The third kappa shape index (κ3) is 7.53. The van der Waals surface area contributed by atoms with E-state index in [4.69, 9.17) is 4.99 Å². The van der Waals surface area contributed by atoms with Gasteiger partial charge >= 0.3 is 0 Å². The lowest BCUT2D eigenvalue weighted by Gasteiger charge is -2.22. The molecule has 0 atom stereocenters. The van der Waals surface area contributed by atoms with Gasteiger partial charge < -0.3 is 15.1 Å². The SMILES string of the molecule is CCNC(=NCCc1ccc(N(C)C)cc1)N(C)Cc1cn(C)nc1C(C)C.I. The fraction of sp³-hybridized carbons (Fsp3) is 0.545. The van der Waals surface area contributed by atoms with E-state index in [1.165, 1.54) is 16.8 Å². The Hall–Kier alpha value is -1.77. The highest BCUT2D eigenvalue weighted by Crippen LogP contribution is 2.18. The van der Waals surface area contributed by atoms with Crippen LogP contribution in [0, 0.1) is 0 Å². The highest BCUT2D eigenvalue weighted by atomic mass is 127. The van der Waals surface area contributed by atoms with Crippen molar-refractivity contribution in [1.82, 2.24) is 20.0 Å². The number of guanidine groups is 1. The average molecular weight is 512 g/mol. The second-order valence-electron chi connectivity index (χ2n) is 7.77. The Kier molecular flexibility index (Phi) is 10.5. The van der Waals surface area contributed by atoms with E-state index < -0.39 is 0 Å². The van der Waals surface area contributed by atoms with Gasteiger partial charge in [0.15, 0.2) is 5.96 Å². The van der Waals surface area contributed by atoms with Crippen LogP contribution in [0.4, 0.5) is 5.69 Å². The van der Waals surface area contributed by atoms with E-state index in [0.29, 0.717) is 5.92 Å². The van der Waals surface area contributed by atoms with Crippen LogP contribution in [0.3, 0.4) is 0 Å². The predicted molar refractivity (Wildman–Crippen MR) is 135 cm³/mol. The van der Waals surface area contributed by atoms with Gasteiger partial charge in [0.05, 0.1) is 5.69 Å². The van der Waals surface area contributed by atoms with Gasteiger partial charge in [0.25, 0.3) is 0 Å². The number of halogens is 1. The monoisotopic (exact) mass is 512 g/mol. The molecule has 0 bridgehead atoms. The Bertz CT molecular complexity index is 764. The third-order valence-corrected chi connectivity index (χ3v) is 4.70. The maximum absolute atomic E-state index is 4.84. The van der Waals surface area contributed by atoms with Crippen molar-refractivity contribution in [2.24, 2.45) is 12.0 Å². The molecule has 29 heavy (non-hydrogen) atoms. The minimum Gasteiger partial charge on any atom is -0.378 e. The van der Waals surface area contributed by atoms with Gasteiger partial charge in [-0.25, -0.2) is 0 Å². The number of benzene rings is 1. The maximum atomic E-state index is 4.84. The van der Waals surface area contributed by atoms with Crippen molar-refractivity contribution in [3.05, 3.63) is 47.3 Å². The topological polar surface area (TPSA) is 48.7 Å². The highest BCUT2D eigenvalue weighted by Gasteiger charge is 2.15. The molecule has 0 unspecified atom stereocenters. The number of rotatable bonds is 8. The number of nitrogens with one attached hydrogen (secondary N) is 1. The van der Waals surface area contributed by atoms with Crippen LogP contribution in [0.5, 0.6) is 0 Å². The summed E-state index contributed by atoms with van der Waals surface area (Å²) in [5, 5.41) is 8.03. The van der Waals surface area contributed by atoms with Crippen molar-refractivity contribution in [3.63, 3.8) is 0 Å². The molecule has 6 nitrogen and oxygen atoms in total. The normalized spacial score (nSPS) is 11.4. The van der Waals surface area contributed by atoms with E-state index in [1.54, 1.807) is 0 Å². The summed E-state index contributed by atoms with van der Waals surface area (Å²) in [5.41, 5.74) is 4.94. The van der Waals surface area contributed by atoms with Crippen LogP contribution in [0.2, 0.25) is 0 Å². The lowest BCUT2D eigenvalue weighted by Crippen LogP contribution is -2.38. The molecular formula is C22H37IN6. The van der Waals surface area contributed by atoms with Crippen LogP contribution in [0.15, 0.2) is 35.5 Å². The summed E-state index contributed by atoms with van der Waals surface area (Å²) in [5.74, 6) is 1.35. The van der Waals surface area contributed by atoms with Crippen molar-refractivity contribution >= 4 is 35.6 Å². The Balaban J connectivity index is 0.00000420. The minimum absolute atomic E-state index is 0. The van der Waals surface area contributed by atoms with E-state index >= 15 is 0 Å². The first-order valence-electron chi connectivity index (χ1n) is 10.1. The lowest BCUT2D eigenvalue weighted by atomic mass is 10.1. The Labute approximate surface area is 193 Å². The standard InChI is InChI=1S/C22H36N6.HI/c1-8-23-22(24-14-13-18-9-11-20(12-10-18)26(4)5)27(6)15-19-16-28(7)25-21(19)17(2)3;/h9-12,16-17H,8,13-15H2,1-7H3,(H,23,24);1H. The molecule has 0 spiro atoms. The first kappa shape index (κ1) is 25.3. The van der Waals surface area contributed by atoms with Crippen LogP contribution in [0.25, 0.3) is 0 Å². The lowest BCUT2D eigenvalue weighted by molar-refractivity contribution is 0.473. The minimum atomic E-state index is 0. The molecule has 1 heterocycles. The van der Waals surface area contributed by atoms with E-state index in [1.807, 2.05) is 11.7 Å². The first-order chi connectivity index (χ1) is 13.3. The van der Waals surface area contributed by atoms with Gasteiger partial charge in [-0.3, -0.25) is 9.67 Å². The molecule has 162 valence electrons. The average Bonchev–Trinajstić information content (AvgIpc) is 3.01. The van der Waals surface area contributed by atoms with Crippen molar-refractivity contribution in [3.8, 4) is 0 Å². The maximum Gasteiger partial charge on any atom is 0.193 e. The molecule has 0 radical (unpaired) electrons. The van der Waals surface area contributed by atoms with Gasteiger partial charge in [-0.1, -0.05) is 26.0 Å². The Morgan fingerprint density at radius 3 is 2.38 bits per heavy atom. The smallest absolute Gasteiger partial charge is 0.193 e. The molecule has 1 N–H and O–H groups in total. The van der Waals surface area contributed by atoms with Crippen LogP contribution < -0.4 is 10.2 Å². The summed E-state index contributed by atoms with van der Waals surface area (Å²) in [4.78, 5) is 9.13. The molecule has 0 aliphatic heterocycles. The Morgan fingerprint density at radius 1 is 1.17 bits per heavy atom. The molecule has 1 aromatic carbocycles. The number of aryl methyl sites for hydroxylation is 1. The molecule has 7 heteroatoms. The largest absolute Gasteiger partial charge is 0.378 e.